The second kappa shape index (κ2) is 7.05. The fourth-order valence-corrected chi connectivity index (χ4v) is 2.12. The van der Waals surface area contributed by atoms with Crippen molar-refractivity contribution < 1.29 is 4.79 Å². The molecule has 0 saturated carbocycles. The molecule has 2 aromatic rings. The van der Waals surface area contributed by atoms with Crippen LogP contribution in [-0.4, -0.2) is 47.4 Å². The van der Waals surface area contributed by atoms with Gasteiger partial charge in [0, 0.05) is 25.6 Å². The standard InChI is InChI=1S/C15H22N4O/c1-18(2)10-5-9-16-15(20)8-7-14-17-12-13-6-3-4-11-19(13)14/h3-4,6,11-12H,5,7-10H2,1-2H3,(H,16,20). The van der Waals surface area contributed by atoms with Gasteiger partial charge in [-0.3, -0.25) is 4.79 Å². The van der Waals surface area contributed by atoms with Crippen LogP contribution in [0.2, 0.25) is 0 Å². The van der Waals surface area contributed by atoms with Gasteiger partial charge in [-0.05, 0) is 39.2 Å². The molecule has 5 nitrogen and oxygen atoms in total. The highest BCUT2D eigenvalue weighted by Gasteiger charge is 2.06. The lowest BCUT2D eigenvalue weighted by atomic mass is 10.2. The summed E-state index contributed by atoms with van der Waals surface area (Å²) >= 11 is 0. The van der Waals surface area contributed by atoms with E-state index >= 15 is 0 Å². The van der Waals surface area contributed by atoms with E-state index in [1.54, 1.807) is 0 Å². The molecule has 2 rings (SSSR count). The molecule has 0 unspecified atom stereocenters. The van der Waals surface area contributed by atoms with Crippen LogP contribution in [0.25, 0.3) is 5.52 Å². The minimum absolute atomic E-state index is 0.0939. The van der Waals surface area contributed by atoms with Crippen LogP contribution in [0.5, 0.6) is 0 Å². The first kappa shape index (κ1) is 14.5. The van der Waals surface area contributed by atoms with E-state index in [0.29, 0.717) is 12.8 Å². The third-order valence-corrected chi connectivity index (χ3v) is 3.20. The summed E-state index contributed by atoms with van der Waals surface area (Å²) < 4.78 is 2.03. The van der Waals surface area contributed by atoms with Gasteiger partial charge in [0.15, 0.2) is 0 Å². The molecule has 1 N–H and O–H groups in total. The maximum absolute atomic E-state index is 11.8. The van der Waals surface area contributed by atoms with Gasteiger partial charge in [0.2, 0.25) is 5.91 Å². The Morgan fingerprint density at radius 2 is 2.25 bits per heavy atom. The highest BCUT2D eigenvalue weighted by molar-refractivity contribution is 5.76. The second-order valence-corrected chi connectivity index (χ2v) is 5.18. The van der Waals surface area contributed by atoms with E-state index < -0.39 is 0 Å². The molecule has 2 aromatic heterocycles. The Morgan fingerprint density at radius 3 is 3.05 bits per heavy atom. The SMILES string of the molecule is CN(C)CCCNC(=O)CCc1ncc2ccccn12. The Kier molecular flexibility index (Phi) is 5.12. The lowest BCUT2D eigenvalue weighted by Gasteiger charge is -2.09. The van der Waals surface area contributed by atoms with Crippen molar-refractivity contribution in [2.45, 2.75) is 19.3 Å². The summed E-state index contributed by atoms with van der Waals surface area (Å²) in [6.45, 7) is 1.73. The zero-order valence-electron chi connectivity index (χ0n) is 12.2. The third-order valence-electron chi connectivity index (χ3n) is 3.20. The smallest absolute Gasteiger partial charge is 0.220 e. The monoisotopic (exact) mass is 274 g/mol. The first-order chi connectivity index (χ1) is 9.66. The molecular formula is C15H22N4O. The van der Waals surface area contributed by atoms with Crippen molar-refractivity contribution >= 4 is 11.4 Å². The topological polar surface area (TPSA) is 49.6 Å². The minimum Gasteiger partial charge on any atom is -0.356 e. The number of imidazole rings is 1. The van der Waals surface area contributed by atoms with Gasteiger partial charge in [-0.2, -0.15) is 0 Å². The summed E-state index contributed by atoms with van der Waals surface area (Å²) in [5, 5.41) is 2.95. The van der Waals surface area contributed by atoms with Gasteiger partial charge in [0.05, 0.1) is 11.7 Å². The van der Waals surface area contributed by atoms with Crippen LogP contribution in [0.15, 0.2) is 30.6 Å². The Bertz CT molecular complexity index is 562. The van der Waals surface area contributed by atoms with Crippen LogP contribution in [0.1, 0.15) is 18.7 Å². The third kappa shape index (κ3) is 4.06. The van der Waals surface area contributed by atoms with Gasteiger partial charge in [-0.15, -0.1) is 0 Å². The van der Waals surface area contributed by atoms with E-state index in [2.05, 4.69) is 15.2 Å². The summed E-state index contributed by atoms with van der Waals surface area (Å²) in [6, 6.07) is 5.97. The summed E-state index contributed by atoms with van der Waals surface area (Å²) in [6.07, 6.45) is 5.94. The average molecular weight is 274 g/mol. The maximum Gasteiger partial charge on any atom is 0.220 e. The summed E-state index contributed by atoms with van der Waals surface area (Å²) in [5.74, 6) is 1.03. The number of nitrogens with one attached hydrogen (secondary N) is 1. The molecule has 0 fully saturated rings. The van der Waals surface area contributed by atoms with Gasteiger partial charge in [-0.1, -0.05) is 6.07 Å². The normalized spacial score (nSPS) is 11.2. The first-order valence-corrected chi connectivity index (χ1v) is 6.99. The van der Waals surface area contributed by atoms with Gasteiger partial charge in [0.25, 0.3) is 0 Å². The van der Waals surface area contributed by atoms with Gasteiger partial charge >= 0.3 is 0 Å². The number of aromatic nitrogens is 2. The molecule has 108 valence electrons. The van der Waals surface area contributed by atoms with E-state index in [9.17, 15) is 4.79 Å². The Morgan fingerprint density at radius 1 is 1.40 bits per heavy atom. The number of pyridine rings is 1. The summed E-state index contributed by atoms with van der Waals surface area (Å²) in [4.78, 5) is 18.2. The first-order valence-electron chi connectivity index (χ1n) is 6.99. The molecule has 0 spiro atoms. The van der Waals surface area contributed by atoms with Crippen molar-refractivity contribution in [2.24, 2.45) is 0 Å². The molecule has 5 heteroatoms. The van der Waals surface area contributed by atoms with Crippen molar-refractivity contribution in [1.82, 2.24) is 19.6 Å². The van der Waals surface area contributed by atoms with Crippen LogP contribution in [0.3, 0.4) is 0 Å². The van der Waals surface area contributed by atoms with E-state index in [4.69, 9.17) is 0 Å². The largest absolute Gasteiger partial charge is 0.356 e. The fourth-order valence-electron chi connectivity index (χ4n) is 2.12. The Hall–Kier alpha value is -1.88. The molecule has 0 atom stereocenters. The van der Waals surface area contributed by atoms with Crippen LogP contribution in [0.4, 0.5) is 0 Å². The van der Waals surface area contributed by atoms with Crippen LogP contribution in [-0.2, 0) is 11.2 Å². The number of fused-ring (bicyclic) bond motifs is 1. The van der Waals surface area contributed by atoms with Crippen molar-refractivity contribution in [3.05, 3.63) is 36.4 Å². The highest BCUT2D eigenvalue weighted by atomic mass is 16.1. The molecule has 0 aliphatic rings. The Balaban J connectivity index is 1.76. The molecule has 0 bridgehead atoms. The molecular weight excluding hydrogens is 252 g/mol. The molecule has 0 aliphatic carbocycles. The van der Waals surface area contributed by atoms with E-state index in [1.165, 1.54) is 0 Å². The number of rotatable bonds is 7. The lowest BCUT2D eigenvalue weighted by molar-refractivity contribution is -0.121. The van der Waals surface area contributed by atoms with E-state index in [-0.39, 0.29) is 5.91 Å². The number of carbonyl (C=O) groups excluding carboxylic acids is 1. The number of hydrogen-bond acceptors (Lipinski definition) is 3. The number of carbonyl (C=O) groups is 1. The number of hydrogen-bond donors (Lipinski definition) is 1. The molecule has 20 heavy (non-hydrogen) atoms. The number of aryl methyl sites for hydroxylation is 1. The van der Waals surface area contributed by atoms with Gasteiger partial charge in [-0.25, -0.2) is 4.98 Å². The van der Waals surface area contributed by atoms with Crippen LogP contribution >= 0.6 is 0 Å². The zero-order chi connectivity index (χ0) is 14.4. The average Bonchev–Trinajstić information content (AvgIpc) is 2.84. The lowest BCUT2D eigenvalue weighted by Crippen LogP contribution is -2.27. The molecule has 0 saturated heterocycles. The van der Waals surface area contributed by atoms with Gasteiger partial charge in [0.1, 0.15) is 5.82 Å². The maximum atomic E-state index is 11.8. The van der Waals surface area contributed by atoms with Crippen molar-refractivity contribution in [3.8, 4) is 0 Å². The van der Waals surface area contributed by atoms with Crippen LogP contribution in [0, 0.1) is 0 Å². The molecule has 1 amide bonds. The van der Waals surface area contributed by atoms with Gasteiger partial charge < -0.3 is 14.6 Å². The summed E-state index contributed by atoms with van der Waals surface area (Å²) in [5.41, 5.74) is 1.06. The van der Waals surface area contributed by atoms with Crippen molar-refractivity contribution in [2.75, 3.05) is 27.2 Å². The predicted molar refractivity (Wildman–Crippen MR) is 79.7 cm³/mol. The second-order valence-electron chi connectivity index (χ2n) is 5.18. The van der Waals surface area contributed by atoms with Crippen LogP contribution < -0.4 is 5.32 Å². The van der Waals surface area contributed by atoms with Crippen molar-refractivity contribution in [1.29, 1.82) is 0 Å². The predicted octanol–water partition coefficient (Wildman–Crippen LogP) is 1.33. The Labute approximate surface area is 119 Å². The zero-order valence-corrected chi connectivity index (χ0v) is 12.2. The molecule has 0 aromatic carbocycles. The number of nitrogens with zero attached hydrogens (tertiary/aromatic N) is 3. The van der Waals surface area contributed by atoms with E-state index in [1.807, 2.05) is 49.1 Å². The molecule has 0 aliphatic heterocycles. The summed E-state index contributed by atoms with van der Waals surface area (Å²) in [7, 11) is 4.07. The quantitative estimate of drug-likeness (QED) is 0.775. The van der Waals surface area contributed by atoms with E-state index in [0.717, 1.165) is 30.9 Å². The fraction of sp³-hybridized carbons (Fsp3) is 0.467. The molecule has 2 heterocycles. The minimum atomic E-state index is 0.0939. The number of amides is 1. The highest BCUT2D eigenvalue weighted by Crippen LogP contribution is 2.07. The molecule has 0 radical (unpaired) electrons. The van der Waals surface area contributed by atoms with Crippen molar-refractivity contribution in [3.63, 3.8) is 0 Å².